The summed E-state index contributed by atoms with van der Waals surface area (Å²) in [4.78, 5) is 8.22. The molecule has 0 aromatic carbocycles. The highest BCUT2D eigenvalue weighted by Crippen LogP contribution is 2.21. The van der Waals surface area contributed by atoms with Gasteiger partial charge in [-0.2, -0.15) is 5.26 Å². The zero-order valence-electron chi connectivity index (χ0n) is 10.1. The van der Waals surface area contributed by atoms with E-state index in [0.29, 0.717) is 11.6 Å². The van der Waals surface area contributed by atoms with E-state index in [2.05, 4.69) is 26.7 Å². The van der Waals surface area contributed by atoms with Crippen LogP contribution in [0.5, 0.6) is 0 Å². The Kier molecular flexibility index (Phi) is 3.44. The zero-order valence-corrected chi connectivity index (χ0v) is 11.0. The van der Waals surface area contributed by atoms with Crippen molar-refractivity contribution in [2.75, 3.05) is 10.6 Å². The Morgan fingerprint density at radius 1 is 1.33 bits per heavy atom. The Hall–Kier alpha value is -2.13. The molecule has 0 amide bonds. The Labute approximate surface area is 110 Å². The minimum Gasteiger partial charge on any atom is -0.352 e. The van der Waals surface area contributed by atoms with E-state index in [-0.39, 0.29) is 0 Å². The number of nitrogens with one attached hydrogen (secondary N) is 2. The molecule has 0 fully saturated rings. The first kappa shape index (κ1) is 12.3. The van der Waals surface area contributed by atoms with Gasteiger partial charge in [-0.3, -0.25) is 0 Å². The highest BCUT2D eigenvalue weighted by Gasteiger charge is 2.16. The number of nitrogens with zero attached hydrogens (tertiary/aromatic N) is 3. The van der Waals surface area contributed by atoms with Gasteiger partial charge in [0.25, 0.3) is 0 Å². The molecule has 92 valence electrons. The molecule has 0 bridgehead atoms. The van der Waals surface area contributed by atoms with Crippen LogP contribution in [0.2, 0.25) is 0 Å². The van der Waals surface area contributed by atoms with Crippen LogP contribution in [0.4, 0.5) is 16.6 Å². The molecule has 0 saturated carbocycles. The van der Waals surface area contributed by atoms with Gasteiger partial charge in [0.05, 0.1) is 11.1 Å². The van der Waals surface area contributed by atoms with Gasteiger partial charge in [-0.25, -0.2) is 9.97 Å². The third kappa shape index (κ3) is 3.18. The van der Waals surface area contributed by atoms with Gasteiger partial charge in [-0.1, -0.05) is 0 Å². The van der Waals surface area contributed by atoms with Crippen molar-refractivity contribution in [1.82, 2.24) is 9.97 Å². The quantitative estimate of drug-likeness (QED) is 0.883. The molecule has 2 rings (SSSR count). The summed E-state index contributed by atoms with van der Waals surface area (Å²) in [5.74, 6) is 1.32. The van der Waals surface area contributed by atoms with E-state index in [0.717, 1.165) is 5.00 Å². The fourth-order valence-corrected chi connectivity index (χ4v) is 1.94. The van der Waals surface area contributed by atoms with Crippen LogP contribution in [-0.2, 0) is 0 Å². The van der Waals surface area contributed by atoms with Crippen molar-refractivity contribution in [2.45, 2.75) is 19.4 Å². The summed E-state index contributed by atoms with van der Waals surface area (Å²) in [6.07, 6.45) is 1.46. The molecular weight excluding hydrogens is 246 g/mol. The van der Waals surface area contributed by atoms with E-state index in [1.165, 1.54) is 6.33 Å². The maximum Gasteiger partial charge on any atom is 0.136 e. The monoisotopic (exact) mass is 259 g/mol. The fourth-order valence-electron chi connectivity index (χ4n) is 1.32. The maximum absolute atomic E-state index is 8.96. The van der Waals surface area contributed by atoms with Crippen molar-refractivity contribution < 1.29 is 0 Å². The molecule has 0 radical (unpaired) electrons. The van der Waals surface area contributed by atoms with Crippen LogP contribution in [-0.4, -0.2) is 15.5 Å². The molecular formula is C12H13N5S. The Morgan fingerprint density at radius 3 is 2.78 bits per heavy atom. The van der Waals surface area contributed by atoms with Gasteiger partial charge in [0.1, 0.15) is 23.5 Å². The minimum atomic E-state index is -0.658. The van der Waals surface area contributed by atoms with Gasteiger partial charge in [0.2, 0.25) is 0 Å². The van der Waals surface area contributed by atoms with Crippen molar-refractivity contribution in [3.63, 3.8) is 0 Å². The van der Waals surface area contributed by atoms with Crippen LogP contribution in [0.3, 0.4) is 0 Å². The molecule has 0 aliphatic carbocycles. The van der Waals surface area contributed by atoms with Gasteiger partial charge in [-0.15, -0.1) is 11.3 Å². The van der Waals surface area contributed by atoms with E-state index in [1.807, 2.05) is 17.5 Å². The summed E-state index contributed by atoms with van der Waals surface area (Å²) < 4.78 is 0. The second-order valence-electron chi connectivity index (χ2n) is 4.25. The molecule has 0 spiro atoms. The van der Waals surface area contributed by atoms with Crippen LogP contribution in [0.1, 0.15) is 13.8 Å². The van der Waals surface area contributed by atoms with E-state index in [4.69, 9.17) is 5.26 Å². The molecule has 2 N–H and O–H groups in total. The predicted octanol–water partition coefficient (Wildman–Crippen LogP) is 3.00. The van der Waals surface area contributed by atoms with E-state index < -0.39 is 5.54 Å². The lowest BCUT2D eigenvalue weighted by Crippen LogP contribution is -2.28. The van der Waals surface area contributed by atoms with Crippen LogP contribution >= 0.6 is 11.3 Å². The minimum absolute atomic E-state index is 0.621. The normalized spacial score (nSPS) is 10.7. The third-order valence-corrected chi connectivity index (χ3v) is 2.94. The first-order valence-corrected chi connectivity index (χ1v) is 6.29. The van der Waals surface area contributed by atoms with Crippen molar-refractivity contribution in [1.29, 1.82) is 5.26 Å². The lowest BCUT2D eigenvalue weighted by molar-refractivity contribution is 0.723. The zero-order chi connectivity index (χ0) is 13.0. The molecule has 0 atom stereocenters. The summed E-state index contributed by atoms with van der Waals surface area (Å²) >= 11 is 1.60. The largest absolute Gasteiger partial charge is 0.352 e. The van der Waals surface area contributed by atoms with Crippen LogP contribution in [0, 0.1) is 11.3 Å². The van der Waals surface area contributed by atoms with Crippen molar-refractivity contribution in [3.8, 4) is 6.07 Å². The lowest BCUT2D eigenvalue weighted by Gasteiger charge is -2.18. The number of hydrogen-bond acceptors (Lipinski definition) is 6. The van der Waals surface area contributed by atoms with Gasteiger partial charge >= 0.3 is 0 Å². The number of thiophene rings is 1. The summed E-state index contributed by atoms with van der Waals surface area (Å²) in [6, 6.07) is 7.88. The topological polar surface area (TPSA) is 73.6 Å². The number of anilines is 3. The molecule has 2 heterocycles. The molecule has 5 nitrogen and oxygen atoms in total. The van der Waals surface area contributed by atoms with Gasteiger partial charge in [-0.05, 0) is 31.4 Å². The van der Waals surface area contributed by atoms with Crippen molar-refractivity contribution in [2.24, 2.45) is 0 Å². The van der Waals surface area contributed by atoms with Crippen LogP contribution in [0.25, 0.3) is 0 Å². The summed E-state index contributed by atoms with van der Waals surface area (Å²) in [7, 11) is 0. The third-order valence-electron chi connectivity index (χ3n) is 2.16. The fraction of sp³-hybridized carbons (Fsp3) is 0.250. The number of aromatic nitrogens is 2. The maximum atomic E-state index is 8.96. The molecule has 0 unspecified atom stereocenters. The van der Waals surface area contributed by atoms with Crippen LogP contribution < -0.4 is 10.6 Å². The Balaban J connectivity index is 2.13. The highest BCUT2D eigenvalue weighted by molar-refractivity contribution is 7.14. The average Bonchev–Trinajstić information content (AvgIpc) is 2.82. The predicted molar refractivity (Wildman–Crippen MR) is 72.9 cm³/mol. The number of rotatable bonds is 4. The van der Waals surface area contributed by atoms with E-state index >= 15 is 0 Å². The molecule has 2 aromatic rings. The van der Waals surface area contributed by atoms with Gasteiger partial charge in [0, 0.05) is 6.07 Å². The number of nitriles is 1. The van der Waals surface area contributed by atoms with Crippen molar-refractivity contribution >= 4 is 28.0 Å². The smallest absolute Gasteiger partial charge is 0.136 e. The summed E-state index contributed by atoms with van der Waals surface area (Å²) in [5.41, 5.74) is -0.658. The lowest BCUT2D eigenvalue weighted by atomic mass is 10.1. The first-order chi connectivity index (χ1) is 8.59. The molecule has 0 aliphatic rings. The van der Waals surface area contributed by atoms with Gasteiger partial charge < -0.3 is 10.6 Å². The summed E-state index contributed by atoms with van der Waals surface area (Å²) in [5, 5.41) is 18.2. The Morgan fingerprint density at radius 2 is 2.11 bits per heavy atom. The van der Waals surface area contributed by atoms with Gasteiger partial charge in [0.15, 0.2) is 0 Å². The summed E-state index contributed by atoms with van der Waals surface area (Å²) in [6.45, 7) is 3.59. The van der Waals surface area contributed by atoms with E-state index in [9.17, 15) is 0 Å². The molecule has 18 heavy (non-hydrogen) atoms. The van der Waals surface area contributed by atoms with Crippen molar-refractivity contribution in [3.05, 3.63) is 29.9 Å². The average molecular weight is 259 g/mol. The van der Waals surface area contributed by atoms with E-state index in [1.54, 1.807) is 31.3 Å². The molecule has 0 saturated heterocycles. The molecule has 0 aliphatic heterocycles. The molecule has 2 aromatic heterocycles. The SMILES string of the molecule is CC(C)(C#N)Nc1cc(Nc2cccs2)ncn1. The van der Waals surface area contributed by atoms with Crippen LogP contribution in [0.15, 0.2) is 29.9 Å². The Bertz CT molecular complexity index is 556. The first-order valence-electron chi connectivity index (χ1n) is 5.41. The second-order valence-corrected chi connectivity index (χ2v) is 5.20. The highest BCUT2D eigenvalue weighted by atomic mass is 32.1. The number of hydrogen-bond donors (Lipinski definition) is 2. The second kappa shape index (κ2) is 5.02. The molecule has 6 heteroatoms. The standard InChI is InChI=1S/C12H13N5S/c1-12(2,7-13)17-10-6-9(14-8-15-10)16-11-4-3-5-18-11/h3-6,8H,1-2H3,(H2,14,15,16,17).